The zero-order valence-electron chi connectivity index (χ0n) is 17.6. The van der Waals surface area contributed by atoms with Crippen LogP contribution in [0.4, 0.5) is 5.69 Å². The zero-order chi connectivity index (χ0) is 22.0. The highest BCUT2D eigenvalue weighted by Gasteiger charge is 2.47. The molecule has 0 unspecified atom stereocenters. The number of rotatable bonds is 6. The van der Waals surface area contributed by atoms with Gasteiger partial charge in [0.1, 0.15) is 6.61 Å². The minimum absolute atomic E-state index is 0.0563. The van der Waals surface area contributed by atoms with Gasteiger partial charge in [-0.25, -0.2) is 8.42 Å². The Kier molecular flexibility index (Phi) is 6.39. The van der Waals surface area contributed by atoms with E-state index in [0.717, 1.165) is 11.3 Å². The van der Waals surface area contributed by atoms with Gasteiger partial charge in [0.25, 0.3) is 0 Å². The third-order valence-corrected chi connectivity index (χ3v) is 8.15. The second kappa shape index (κ2) is 9.04. The number of aliphatic imine (C=N–C) groups is 1. The van der Waals surface area contributed by atoms with E-state index >= 15 is 0 Å². The van der Waals surface area contributed by atoms with Gasteiger partial charge in [-0.3, -0.25) is 9.79 Å². The Morgan fingerprint density at radius 3 is 2.52 bits per heavy atom. The van der Waals surface area contributed by atoms with Crippen LogP contribution in [0.15, 0.2) is 59.6 Å². The van der Waals surface area contributed by atoms with Gasteiger partial charge >= 0.3 is 5.97 Å². The number of sulfone groups is 1. The molecule has 2 aromatic rings. The summed E-state index contributed by atoms with van der Waals surface area (Å²) in [6.07, 6.45) is 0. The first kappa shape index (κ1) is 21.9. The number of fused-ring (bicyclic) bond motifs is 1. The van der Waals surface area contributed by atoms with E-state index in [9.17, 15) is 13.2 Å². The van der Waals surface area contributed by atoms with Gasteiger partial charge in [-0.1, -0.05) is 68.1 Å². The molecule has 0 spiro atoms. The fourth-order valence-corrected chi connectivity index (χ4v) is 6.62. The highest BCUT2D eigenvalue weighted by molar-refractivity contribution is 8.14. The van der Waals surface area contributed by atoms with Crippen LogP contribution in [0.1, 0.15) is 30.9 Å². The normalized spacial score (nSPS) is 21.8. The molecule has 0 saturated carbocycles. The van der Waals surface area contributed by atoms with Crippen LogP contribution in [-0.2, 0) is 26.0 Å². The average molecular weight is 459 g/mol. The summed E-state index contributed by atoms with van der Waals surface area (Å²) in [5.41, 5.74) is 3.05. The third kappa shape index (κ3) is 5.13. The van der Waals surface area contributed by atoms with E-state index in [0.29, 0.717) is 11.1 Å². The Hall–Kier alpha value is -2.32. The smallest absolute Gasteiger partial charge is 0.316 e. The number of carbonyl (C=O) groups is 1. The Balaban J connectivity index is 1.46. The molecule has 2 atom stereocenters. The summed E-state index contributed by atoms with van der Waals surface area (Å²) in [5, 5.41) is 0.679. The second-order valence-electron chi connectivity index (χ2n) is 8.17. The van der Waals surface area contributed by atoms with Crippen LogP contribution in [0.3, 0.4) is 0 Å². The lowest BCUT2D eigenvalue weighted by molar-refractivity contribution is -0.141. The topological polar surface area (TPSA) is 76.0 Å². The number of benzene rings is 2. The van der Waals surface area contributed by atoms with Crippen molar-refractivity contribution >= 4 is 38.4 Å². The fraction of sp³-hybridized carbons (Fsp3) is 0.391. The predicted molar refractivity (Wildman–Crippen MR) is 125 cm³/mol. The minimum Gasteiger partial charge on any atom is -0.460 e. The molecule has 6 nitrogen and oxygen atoms in total. The summed E-state index contributed by atoms with van der Waals surface area (Å²) in [6, 6.07) is 17.2. The van der Waals surface area contributed by atoms with Gasteiger partial charge < -0.3 is 9.64 Å². The standard InChI is InChI=1S/C23H26N2O4S2/c1-16(2)18-8-10-19(11-9-18)25-21-15-31(27,28)14-20(21)24-23(25)30-13-22(26)29-12-17-6-4-3-5-7-17/h3-11,16,20-21H,12-15H2,1-2H3/t20-,21-/m0/s1. The van der Waals surface area contributed by atoms with Crippen molar-refractivity contribution in [2.24, 2.45) is 4.99 Å². The summed E-state index contributed by atoms with van der Waals surface area (Å²) in [5.74, 6) is 0.347. The molecule has 164 valence electrons. The fourth-order valence-electron chi connectivity index (χ4n) is 3.86. The molecule has 2 aromatic carbocycles. The number of esters is 1. The molecule has 0 radical (unpaired) electrons. The number of ether oxygens (including phenoxy) is 1. The van der Waals surface area contributed by atoms with Gasteiger partial charge in [-0.05, 0) is 29.2 Å². The van der Waals surface area contributed by atoms with Crippen molar-refractivity contribution in [2.45, 2.75) is 38.5 Å². The van der Waals surface area contributed by atoms with Gasteiger partial charge in [-0.2, -0.15) is 0 Å². The average Bonchev–Trinajstić information content (AvgIpc) is 3.22. The first-order valence-corrected chi connectivity index (χ1v) is 13.1. The molecule has 0 N–H and O–H groups in total. The van der Waals surface area contributed by atoms with Crippen molar-refractivity contribution in [3.05, 3.63) is 65.7 Å². The summed E-state index contributed by atoms with van der Waals surface area (Å²) in [4.78, 5) is 18.9. The number of carbonyl (C=O) groups excluding carboxylic acids is 1. The summed E-state index contributed by atoms with van der Waals surface area (Å²) >= 11 is 1.30. The van der Waals surface area contributed by atoms with Crippen molar-refractivity contribution in [3.8, 4) is 0 Å². The van der Waals surface area contributed by atoms with Crippen molar-refractivity contribution in [3.63, 3.8) is 0 Å². The molecule has 0 amide bonds. The van der Waals surface area contributed by atoms with Gasteiger partial charge in [0.15, 0.2) is 15.0 Å². The number of anilines is 1. The van der Waals surface area contributed by atoms with E-state index in [4.69, 9.17) is 4.74 Å². The predicted octanol–water partition coefficient (Wildman–Crippen LogP) is 3.63. The minimum atomic E-state index is -3.11. The van der Waals surface area contributed by atoms with E-state index in [1.165, 1.54) is 17.3 Å². The van der Waals surface area contributed by atoms with Gasteiger partial charge in [0.05, 0.1) is 29.3 Å². The lowest BCUT2D eigenvalue weighted by atomic mass is 10.0. The number of nitrogens with zero attached hydrogens (tertiary/aromatic N) is 2. The van der Waals surface area contributed by atoms with Crippen LogP contribution >= 0.6 is 11.8 Å². The molecule has 1 saturated heterocycles. The van der Waals surface area contributed by atoms with E-state index in [1.54, 1.807) is 0 Å². The van der Waals surface area contributed by atoms with E-state index in [-0.39, 0.29) is 41.9 Å². The second-order valence-corrected chi connectivity index (χ2v) is 11.3. The number of hydrogen-bond donors (Lipinski definition) is 0. The lowest BCUT2D eigenvalue weighted by Crippen LogP contribution is -2.39. The maximum Gasteiger partial charge on any atom is 0.316 e. The Morgan fingerprint density at radius 2 is 1.84 bits per heavy atom. The van der Waals surface area contributed by atoms with E-state index in [2.05, 4.69) is 31.0 Å². The summed E-state index contributed by atoms with van der Waals surface area (Å²) in [7, 11) is -3.11. The number of hydrogen-bond acceptors (Lipinski definition) is 7. The van der Waals surface area contributed by atoms with E-state index < -0.39 is 9.84 Å². The van der Waals surface area contributed by atoms with Gasteiger partial charge in [0, 0.05) is 5.69 Å². The molecule has 0 bridgehead atoms. The van der Waals surface area contributed by atoms with Gasteiger partial charge in [0.2, 0.25) is 0 Å². The van der Waals surface area contributed by atoms with Crippen molar-refractivity contribution in [1.29, 1.82) is 0 Å². The highest BCUT2D eigenvalue weighted by atomic mass is 32.2. The summed E-state index contributed by atoms with van der Waals surface area (Å²) < 4.78 is 29.7. The summed E-state index contributed by atoms with van der Waals surface area (Å²) in [6.45, 7) is 4.50. The van der Waals surface area contributed by atoms with Crippen molar-refractivity contribution in [1.82, 2.24) is 0 Å². The first-order chi connectivity index (χ1) is 14.8. The SMILES string of the molecule is CC(C)c1ccc(N2C(SCC(=O)OCc3ccccc3)=N[C@H]3CS(=O)(=O)C[C@@H]32)cc1. The number of amidine groups is 1. The molecule has 8 heteroatoms. The van der Waals surface area contributed by atoms with Crippen LogP contribution in [0.5, 0.6) is 0 Å². The van der Waals surface area contributed by atoms with Crippen LogP contribution in [0.2, 0.25) is 0 Å². The Bertz CT molecular complexity index is 1070. The molecule has 31 heavy (non-hydrogen) atoms. The molecular weight excluding hydrogens is 432 g/mol. The number of thioether (sulfide) groups is 1. The van der Waals surface area contributed by atoms with Crippen LogP contribution in [-0.4, -0.2) is 48.9 Å². The monoisotopic (exact) mass is 458 g/mol. The van der Waals surface area contributed by atoms with Crippen molar-refractivity contribution < 1.29 is 17.9 Å². The largest absolute Gasteiger partial charge is 0.460 e. The van der Waals surface area contributed by atoms with Crippen LogP contribution in [0, 0.1) is 0 Å². The molecule has 2 aliphatic heterocycles. The highest BCUT2D eigenvalue weighted by Crippen LogP contribution is 2.35. The van der Waals surface area contributed by atoms with Gasteiger partial charge in [-0.15, -0.1) is 0 Å². The maximum atomic E-state index is 12.3. The maximum absolute atomic E-state index is 12.3. The molecule has 4 rings (SSSR count). The quantitative estimate of drug-likeness (QED) is 0.616. The third-order valence-electron chi connectivity index (χ3n) is 5.51. The van der Waals surface area contributed by atoms with Crippen molar-refractivity contribution in [2.75, 3.05) is 22.2 Å². The lowest BCUT2D eigenvalue weighted by Gasteiger charge is -2.26. The van der Waals surface area contributed by atoms with Crippen LogP contribution < -0.4 is 4.90 Å². The molecule has 0 aromatic heterocycles. The molecule has 2 aliphatic rings. The van der Waals surface area contributed by atoms with Crippen LogP contribution in [0.25, 0.3) is 0 Å². The molecule has 1 fully saturated rings. The Morgan fingerprint density at radius 1 is 1.13 bits per heavy atom. The molecule has 2 heterocycles. The molecular formula is C23H26N2O4S2. The molecule has 0 aliphatic carbocycles. The first-order valence-electron chi connectivity index (χ1n) is 10.3. The van der Waals surface area contributed by atoms with E-state index in [1.807, 2.05) is 47.4 Å². The zero-order valence-corrected chi connectivity index (χ0v) is 19.2. The Labute approximate surface area is 187 Å².